The van der Waals surface area contributed by atoms with Crippen molar-refractivity contribution in [3.63, 3.8) is 0 Å². The van der Waals surface area contributed by atoms with Crippen LogP contribution in [0.5, 0.6) is 0 Å². The molecule has 3 heteroatoms. The van der Waals surface area contributed by atoms with Gasteiger partial charge in [0.2, 0.25) is 5.88 Å². The van der Waals surface area contributed by atoms with Gasteiger partial charge in [0, 0.05) is 19.1 Å². The van der Waals surface area contributed by atoms with Crippen LogP contribution >= 0.6 is 0 Å². The van der Waals surface area contributed by atoms with Gasteiger partial charge in [-0.25, -0.2) is 9.98 Å². The van der Waals surface area contributed by atoms with Crippen LogP contribution in [0.1, 0.15) is 18.5 Å². The lowest BCUT2D eigenvalue weighted by Gasteiger charge is -1.82. The van der Waals surface area contributed by atoms with E-state index >= 15 is 0 Å². The number of aryl methyl sites for hydroxylation is 1. The second-order valence-electron chi connectivity index (χ2n) is 2.51. The van der Waals surface area contributed by atoms with Gasteiger partial charge in [-0.3, -0.25) is 0 Å². The third-order valence-corrected chi connectivity index (χ3v) is 1.50. The lowest BCUT2D eigenvalue weighted by atomic mass is 10.3. The lowest BCUT2D eigenvalue weighted by Crippen LogP contribution is -1.90. The van der Waals surface area contributed by atoms with Crippen LogP contribution in [0.2, 0.25) is 0 Å². The van der Waals surface area contributed by atoms with E-state index in [0.717, 1.165) is 17.8 Å². The minimum Gasteiger partial charge on any atom is -0.423 e. The SMILES string of the molecule is CC1=Nc2oc(C)nc2C1. The zero-order chi connectivity index (χ0) is 7.14. The molecule has 0 unspecified atom stereocenters. The van der Waals surface area contributed by atoms with E-state index < -0.39 is 0 Å². The average Bonchev–Trinajstić information content (AvgIpc) is 2.21. The standard InChI is InChI=1S/C7H8N2O/c1-4-3-6-7(8-4)10-5(2)9-6/h3H2,1-2H3. The molecule has 0 aliphatic carbocycles. The summed E-state index contributed by atoms with van der Waals surface area (Å²) < 4.78 is 5.20. The summed E-state index contributed by atoms with van der Waals surface area (Å²) in [5.74, 6) is 1.41. The maximum absolute atomic E-state index is 5.20. The molecular formula is C7H8N2O. The molecular weight excluding hydrogens is 128 g/mol. The van der Waals surface area contributed by atoms with Gasteiger partial charge in [0.25, 0.3) is 0 Å². The van der Waals surface area contributed by atoms with Crippen LogP contribution in [-0.4, -0.2) is 10.7 Å². The first-order valence-corrected chi connectivity index (χ1v) is 3.26. The molecule has 0 atom stereocenters. The van der Waals surface area contributed by atoms with Gasteiger partial charge in [-0.15, -0.1) is 0 Å². The van der Waals surface area contributed by atoms with Crippen molar-refractivity contribution in [2.24, 2.45) is 4.99 Å². The summed E-state index contributed by atoms with van der Waals surface area (Å²) >= 11 is 0. The minimum atomic E-state index is 0.704. The van der Waals surface area contributed by atoms with E-state index in [0.29, 0.717) is 11.8 Å². The monoisotopic (exact) mass is 136 g/mol. The highest BCUT2D eigenvalue weighted by Crippen LogP contribution is 2.26. The normalized spacial score (nSPS) is 15.2. The number of aromatic nitrogens is 1. The number of fused-ring (bicyclic) bond motifs is 1. The van der Waals surface area contributed by atoms with Crippen LogP contribution < -0.4 is 0 Å². The Kier molecular flexibility index (Phi) is 0.952. The van der Waals surface area contributed by atoms with Gasteiger partial charge in [-0.1, -0.05) is 0 Å². The van der Waals surface area contributed by atoms with Crippen LogP contribution in [-0.2, 0) is 6.42 Å². The van der Waals surface area contributed by atoms with E-state index in [-0.39, 0.29) is 0 Å². The second kappa shape index (κ2) is 1.68. The second-order valence-corrected chi connectivity index (χ2v) is 2.51. The molecule has 1 aliphatic heterocycles. The molecule has 0 saturated carbocycles. The first-order valence-electron chi connectivity index (χ1n) is 3.26. The number of oxazole rings is 1. The molecule has 0 amide bonds. The maximum atomic E-state index is 5.20. The van der Waals surface area contributed by atoms with Gasteiger partial charge in [-0.05, 0) is 6.92 Å². The average molecular weight is 136 g/mol. The van der Waals surface area contributed by atoms with Crippen molar-refractivity contribution >= 4 is 11.6 Å². The Bertz CT molecular complexity index is 299. The molecule has 0 fully saturated rings. The summed E-state index contributed by atoms with van der Waals surface area (Å²) in [6, 6.07) is 0. The van der Waals surface area contributed by atoms with Crippen LogP contribution in [0.15, 0.2) is 9.41 Å². The summed E-state index contributed by atoms with van der Waals surface area (Å²) in [5.41, 5.74) is 2.07. The fraction of sp³-hybridized carbons (Fsp3) is 0.429. The molecule has 0 N–H and O–H groups in total. The van der Waals surface area contributed by atoms with Crippen molar-refractivity contribution in [2.45, 2.75) is 20.3 Å². The highest BCUT2D eigenvalue weighted by Gasteiger charge is 2.16. The van der Waals surface area contributed by atoms with E-state index in [1.165, 1.54) is 0 Å². The predicted molar refractivity (Wildman–Crippen MR) is 37.7 cm³/mol. The van der Waals surface area contributed by atoms with Crippen molar-refractivity contribution in [2.75, 3.05) is 0 Å². The third-order valence-electron chi connectivity index (χ3n) is 1.50. The summed E-state index contributed by atoms with van der Waals surface area (Å²) in [4.78, 5) is 8.32. The van der Waals surface area contributed by atoms with Crippen LogP contribution in [0, 0.1) is 6.92 Å². The van der Waals surface area contributed by atoms with Gasteiger partial charge in [0.15, 0.2) is 5.89 Å². The van der Waals surface area contributed by atoms with Crippen LogP contribution in [0.25, 0.3) is 0 Å². The van der Waals surface area contributed by atoms with Crippen molar-refractivity contribution in [1.29, 1.82) is 0 Å². The van der Waals surface area contributed by atoms with Crippen LogP contribution in [0.3, 0.4) is 0 Å². The number of hydrogen-bond donors (Lipinski definition) is 0. The Hall–Kier alpha value is -1.12. The fourth-order valence-corrected chi connectivity index (χ4v) is 1.12. The summed E-state index contributed by atoms with van der Waals surface area (Å²) in [5, 5.41) is 0. The van der Waals surface area contributed by atoms with E-state index in [1.54, 1.807) is 0 Å². The summed E-state index contributed by atoms with van der Waals surface area (Å²) in [6.45, 7) is 3.82. The van der Waals surface area contributed by atoms with Gasteiger partial charge in [0.05, 0.1) is 0 Å². The Balaban J connectivity index is 2.53. The summed E-state index contributed by atoms with van der Waals surface area (Å²) in [7, 11) is 0. The molecule has 2 heterocycles. The van der Waals surface area contributed by atoms with E-state index in [2.05, 4.69) is 9.98 Å². The van der Waals surface area contributed by atoms with Gasteiger partial charge < -0.3 is 4.42 Å². The molecule has 0 saturated heterocycles. The molecule has 0 bridgehead atoms. The maximum Gasteiger partial charge on any atom is 0.243 e. The molecule has 10 heavy (non-hydrogen) atoms. The summed E-state index contributed by atoms with van der Waals surface area (Å²) in [6.07, 6.45) is 0.854. The van der Waals surface area contributed by atoms with E-state index in [9.17, 15) is 0 Å². The number of rotatable bonds is 0. The quantitative estimate of drug-likeness (QED) is 0.543. The largest absolute Gasteiger partial charge is 0.423 e. The Morgan fingerprint density at radius 3 is 2.90 bits per heavy atom. The minimum absolute atomic E-state index is 0.704. The van der Waals surface area contributed by atoms with Crippen molar-refractivity contribution < 1.29 is 4.42 Å². The Labute approximate surface area is 58.8 Å². The smallest absolute Gasteiger partial charge is 0.243 e. The lowest BCUT2D eigenvalue weighted by molar-refractivity contribution is 0.531. The van der Waals surface area contributed by atoms with Gasteiger partial charge in [-0.2, -0.15) is 0 Å². The first-order chi connectivity index (χ1) is 4.75. The molecule has 52 valence electrons. The zero-order valence-corrected chi connectivity index (χ0v) is 6.01. The molecule has 3 nitrogen and oxygen atoms in total. The first kappa shape index (κ1) is 5.65. The third kappa shape index (κ3) is 0.667. The molecule has 0 aromatic carbocycles. The zero-order valence-electron chi connectivity index (χ0n) is 6.01. The molecule has 1 aliphatic rings. The Morgan fingerprint density at radius 2 is 2.20 bits per heavy atom. The van der Waals surface area contributed by atoms with Crippen molar-refractivity contribution in [3.8, 4) is 0 Å². The van der Waals surface area contributed by atoms with E-state index in [1.807, 2.05) is 13.8 Å². The number of hydrogen-bond acceptors (Lipinski definition) is 3. The van der Waals surface area contributed by atoms with E-state index in [4.69, 9.17) is 4.42 Å². The number of aliphatic imine (C=N–C) groups is 1. The van der Waals surface area contributed by atoms with Gasteiger partial charge >= 0.3 is 0 Å². The molecule has 0 radical (unpaired) electrons. The highest BCUT2D eigenvalue weighted by atomic mass is 16.4. The number of nitrogens with zero attached hydrogens (tertiary/aromatic N) is 2. The highest BCUT2D eigenvalue weighted by molar-refractivity contribution is 5.90. The van der Waals surface area contributed by atoms with Crippen molar-refractivity contribution in [1.82, 2.24) is 4.98 Å². The molecule has 2 rings (SSSR count). The van der Waals surface area contributed by atoms with Gasteiger partial charge in [0.1, 0.15) is 5.69 Å². The topological polar surface area (TPSA) is 38.4 Å². The van der Waals surface area contributed by atoms with Crippen molar-refractivity contribution in [3.05, 3.63) is 11.6 Å². The molecule has 0 spiro atoms. The fourth-order valence-electron chi connectivity index (χ4n) is 1.12. The van der Waals surface area contributed by atoms with Crippen LogP contribution in [0.4, 0.5) is 5.88 Å². The molecule has 1 aromatic heterocycles. The predicted octanol–water partition coefficient (Wildman–Crippen LogP) is 1.63. The Morgan fingerprint density at radius 1 is 1.40 bits per heavy atom. The molecule has 1 aromatic rings.